The summed E-state index contributed by atoms with van der Waals surface area (Å²) in [4.78, 5) is 43.2. The van der Waals surface area contributed by atoms with Gasteiger partial charge in [-0.25, -0.2) is 19.1 Å². The van der Waals surface area contributed by atoms with Crippen molar-refractivity contribution >= 4 is 52.1 Å². The summed E-state index contributed by atoms with van der Waals surface area (Å²) in [6, 6.07) is 11.7. The van der Waals surface area contributed by atoms with Crippen molar-refractivity contribution in [3.63, 3.8) is 0 Å². The molecule has 1 heterocycles. The highest BCUT2D eigenvalue weighted by atomic mass is 35.5. The number of carbonyl (C=O) groups excluding carboxylic acids is 3. The van der Waals surface area contributed by atoms with E-state index in [0.29, 0.717) is 27.2 Å². The number of aromatic nitrogens is 2. The summed E-state index contributed by atoms with van der Waals surface area (Å²) in [7, 11) is 0. The zero-order chi connectivity index (χ0) is 28.1. The quantitative estimate of drug-likeness (QED) is 0.145. The average molecular weight is 544 g/mol. The molecule has 202 valence electrons. The molecular formula is C26H30ClN5O6. The lowest BCUT2D eigenvalue weighted by Crippen LogP contribution is -2.44. The van der Waals surface area contributed by atoms with Gasteiger partial charge in [0.15, 0.2) is 5.54 Å². The van der Waals surface area contributed by atoms with Crippen LogP contribution in [-0.2, 0) is 29.4 Å². The van der Waals surface area contributed by atoms with Crippen molar-refractivity contribution in [2.75, 3.05) is 11.9 Å². The number of anilines is 1. The van der Waals surface area contributed by atoms with Crippen molar-refractivity contribution in [1.82, 2.24) is 9.78 Å². The van der Waals surface area contributed by atoms with E-state index in [2.05, 4.69) is 15.6 Å². The number of amidine groups is 1. The molecule has 11 nitrogen and oxygen atoms in total. The number of nitrogens with zero attached hydrogens (tertiary/aromatic N) is 3. The Bertz CT molecular complexity index is 1360. The van der Waals surface area contributed by atoms with Crippen LogP contribution in [0.5, 0.6) is 0 Å². The maximum atomic E-state index is 13.7. The molecule has 0 fully saturated rings. The number of amides is 1. The van der Waals surface area contributed by atoms with Gasteiger partial charge in [0.2, 0.25) is 5.84 Å². The van der Waals surface area contributed by atoms with E-state index in [0.717, 1.165) is 0 Å². The second kappa shape index (κ2) is 11.5. The van der Waals surface area contributed by atoms with Crippen molar-refractivity contribution in [3.05, 3.63) is 59.2 Å². The van der Waals surface area contributed by atoms with Gasteiger partial charge in [0.05, 0.1) is 24.0 Å². The Hall–Kier alpha value is -4.12. The van der Waals surface area contributed by atoms with Gasteiger partial charge in [-0.3, -0.25) is 5.32 Å². The lowest BCUT2D eigenvalue weighted by Gasteiger charge is -2.31. The van der Waals surface area contributed by atoms with Crippen LogP contribution in [-0.4, -0.2) is 45.9 Å². The molecular weight excluding hydrogens is 514 g/mol. The average Bonchev–Trinajstić information content (AvgIpc) is 3.29. The Kier molecular flexibility index (Phi) is 8.62. The monoisotopic (exact) mass is 543 g/mol. The Morgan fingerprint density at radius 3 is 2.39 bits per heavy atom. The van der Waals surface area contributed by atoms with Crippen LogP contribution in [0.3, 0.4) is 0 Å². The Morgan fingerprint density at radius 1 is 1.11 bits per heavy atom. The second-order valence-corrected chi connectivity index (χ2v) is 9.65. The number of halogens is 1. The maximum Gasteiger partial charge on any atom is 0.412 e. The molecule has 0 saturated carbocycles. The molecule has 0 saturated heterocycles. The van der Waals surface area contributed by atoms with E-state index in [4.69, 9.17) is 31.6 Å². The number of hydrogen-bond donors (Lipinski definition) is 2. The van der Waals surface area contributed by atoms with Gasteiger partial charge in [-0.2, -0.15) is 5.10 Å². The number of hydrogen-bond acceptors (Lipinski definition) is 8. The maximum absolute atomic E-state index is 13.7. The van der Waals surface area contributed by atoms with E-state index < -0.39 is 35.0 Å². The lowest BCUT2D eigenvalue weighted by molar-refractivity contribution is -0.153. The highest BCUT2D eigenvalue weighted by molar-refractivity contribution is 6.34. The van der Waals surface area contributed by atoms with Crippen LogP contribution in [0.2, 0.25) is 5.02 Å². The Morgan fingerprint density at radius 2 is 1.79 bits per heavy atom. The summed E-state index contributed by atoms with van der Waals surface area (Å²) >= 11 is 6.11. The standard InChI is InChI=1S/C26H30ClN5O6/c1-6-26(16-11-13-17(27)14-12-16,23(34)38-31-21(28)22(33)36-7-2)32-20-10-8-9-19(18(20)15-29-32)30-24(35)37-25(3,4)5/h8-15H,6-7H2,1-5H3,(H2,28,31)(H,30,35). The molecule has 0 aliphatic heterocycles. The molecule has 3 N–H and O–H groups in total. The normalized spacial score (nSPS) is 13.5. The zero-order valence-corrected chi connectivity index (χ0v) is 22.5. The van der Waals surface area contributed by atoms with Gasteiger partial charge in [-0.15, -0.1) is 0 Å². The van der Waals surface area contributed by atoms with Crippen LogP contribution in [0.25, 0.3) is 10.9 Å². The Balaban J connectivity index is 2.12. The first-order chi connectivity index (χ1) is 17.9. The molecule has 3 rings (SSSR count). The van der Waals surface area contributed by atoms with Gasteiger partial charge in [0, 0.05) is 10.4 Å². The summed E-state index contributed by atoms with van der Waals surface area (Å²) in [6.45, 7) is 8.73. The van der Waals surface area contributed by atoms with E-state index >= 15 is 0 Å². The molecule has 1 aromatic heterocycles. The number of nitrogens with one attached hydrogen (secondary N) is 1. The van der Waals surface area contributed by atoms with E-state index in [1.54, 1.807) is 77.1 Å². The Labute approximate surface area is 224 Å². The summed E-state index contributed by atoms with van der Waals surface area (Å²) in [5.41, 5.74) is 4.82. The van der Waals surface area contributed by atoms with Crippen LogP contribution in [0.15, 0.2) is 53.8 Å². The minimum absolute atomic E-state index is 0.0750. The van der Waals surface area contributed by atoms with Crippen LogP contribution in [0.4, 0.5) is 10.5 Å². The summed E-state index contributed by atoms with van der Waals surface area (Å²) in [6.07, 6.45) is 1.05. The van der Waals surface area contributed by atoms with Crippen LogP contribution in [0.1, 0.15) is 46.6 Å². The van der Waals surface area contributed by atoms with Gasteiger partial charge in [0.1, 0.15) is 5.60 Å². The minimum Gasteiger partial charge on any atom is -0.460 e. The number of nitrogens with two attached hydrogens (primary N) is 1. The first-order valence-corrected chi connectivity index (χ1v) is 12.3. The van der Waals surface area contributed by atoms with Crippen molar-refractivity contribution in [1.29, 1.82) is 0 Å². The SMILES string of the molecule is CCOC(=O)/C(N)=N/OC(=O)C(CC)(c1ccc(Cl)cc1)n1ncc2c(NC(=O)OC(C)(C)C)cccc21. The molecule has 2 aromatic carbocycles. The van der Waals surface area contributed by atoms with Crippen LogP contribution in [0, 0.1) is 0 Å². The largest absolute Gasteiger partial charge is 0.460 e. The third kappa shape index (κ3) is 6.05. The molecule has 38 heavy (non-hydrogen) atoms. The topological polar surface area (TPSA) is 147 Å². The molecule has 1 amide bonds. The van der Waals surface area contributed by atoms with Crippen molar-refractivity contribution in [2.45, 2.75) is 52.2 Å². The molecule has 1 unspecified atom stereocenters. The van der Waals surface area contributed by atoms with Gasteiger partial charge in [0.25, 0.3) is 0 Å². The minimum atomic E-state index is -1.55. The molecule has 1 atom stereocenters. The number of esters is 1. The number of rotatable bonds is 7. The molecule has 0 aliphatic carbocycles. The first kappa shape index (κ1) is 28.5. The van der Waals surface area contributed by atoms with Gasteiger partial charge >= 0.3 is 18.0 Å². The molecule has 12 heteroatoms. The predicted octanol–water partition coefficient (Wildman–Crippen LogP) is 4.57. The zero-order valence-electron chi connectivity index (χ0n) is 21.8. The lowest BCUT2D eigenvalue weighted by atomic mass is 9.87. The third-order valence-electron chi connectivity index (χ3n) is 5.49. The summed E-state index contributed by atoms with van der Waals surface area (Å²) in [5, 5.41) is 11.8. The number of fused-ring (bicyclic) bond motifs is 1. The van der Waals surface area contributed by atoms with E-state index in [-0.39, 0.29) is 13.0 Å². The van der Waals surface area contributed by atoms with Crippen molar-refractivity contribution in [3.8, 4) is 0 Å². The van der Waals surface area contributed by atoms with Gasteiger partial charge in [-0.1, -0.05) is 41.9 Å². The summed E-state index contributed by atoms with van der Waals surface area (Å²) in [5.74, 6) is -2.39. The number of oxime groups is 1. The number of carbonyl (C=O) groups is 3. The van der Waals surface area contributed by atoms with Gasteiger partial charge in [-0.05, 0) is 63.9 Å². The third-order valence-corrected chi connectivity index (χ3v) is 5.75. The van der Waals surface area contributed by atoms with Crippen molar-refractivity contribution < 1.29 is 28.7 Å². The van der Waals surface area contributed by atoms with E-state index in [1.807, 2.05) is 0 Å². The highest BCUT2D eigenvalue weighted by Gasteiger charge is 2.45. The summed E-state index contributed by atoms with van der Waals surface area (Å²) < 4.78 is 11.6. The smallest absolute Gasteiger partial charge is 0.412 e. The van der Waals surface area contributed by atoms with Crippen LogP contribution >= 0.6 is 11.6 Å². The molecule has 0 spiro atoms. The van der Waals surface area contributed by atoms with E-state index in [1.165, 1.54) is 10.9 Å². The van der Waals surface area contributed by atoms with Crippen molar-refractivity contribution in [2.24, 2.45) is 10.9 Å². The fourth-order valence-electron chi connectivity index (χ4n) is 3.84. The molecule has 0 radical (unpaired) electrons. The fourth-order valence-corrected chi connectivity index (χ4v) is 3.96. The highest BCUT2D eigenvalue weighted by Crippen LogP contribution is 2.36. The number of ether oxygens (including phenoxy) is 2. The molecule has 0 bridgehead atoms. The van der Waals surface area contributed by atoms with Gasteiger partial charge < -0.3 is 20.0 Å². The van der Waals surface area contributed by atoms with E-state index in [9.17, 15) is 14.4 Å². The molecule has 3 aromatic rings. The van der Waals surface area contributed by atoms with Crippen LogP contribution < -0.4 is 11.1 Å². The fraction of sp³-hybridized carbons (Fsp3) is 0.346. The molecule has 0 aliphatic rings. The first-order valence-electron chi connectivity index (χ1n) is 11.9. The predicted molar refractivity (Wildman–Crippen MR) is 143 cm³/mol. The second-order valence-electron chi connectivity index (χ2n) is 9.22. The number of benzene rings is 2.